The zero-order valence-corrected chi connectivity index (χ0v) is 6.66. The highest BCUT2D eigenvalue weighted by Gasteiger charge is 2.51. The molecule has 5 atom stereocenters. The zero-order valence-electron chi connectivity index (χ0n) is 7.66. The van der Waals surface area contributed by atoms with Crippen LogP contribution in [0.4, 0.5) is 0 Å². The van der Waals surface area contributed by atoms with E-state index in [1.54, 1.807) is 0 Å². The Morgan fingerprint density at radius 1 is 1.46 bits per heavy atom. The van der Waals surface area contributed by atoms with Crippen molar-refractivity contribution < 1.29 is 31.6 Å². The van der Waals surface area contributed by atoms with E-state index in [2.05, 4.69) is 4.74 Å². The van der Waals surface area contributed by atoms with E-state index in [-0.39, 0.29) is 0 Å². The van der Waals surface area contributed by atoms with E-state index in [1.807, 2.05) is 0 Å². The predicted molar refractivity (Wildman–Crippen MR) is 39.1 cm³/mol. The van der Waals surface area contributed by atoms with Gasteiger partial charge in [0.05, 0.1) is 7.98 Å². The van der Waals surface area contributed by atoms with Crippen molar-refractivity contribution in [2.75, 3.05) is 6.61 Å². The molecule has 78 valence electrons. The third-order valence-corrected chi connectivity index (χ3v) is 1.94. The van der Waals surface area contributed by atoms with E-state index >= 15 is 0 Å². The van der Waals surface area contributed by atoms with Gasteiger partial charge in [0.2, 0.25) is 6.27 Å². The van der Waals surface area contributed by atoms with E-state index in [0.29, 0.717) is 0 Å². The quantitative estimate of drug-likeness (QED) is 0.235. The SMILES string of the molecule is [2H]C1(O)O[C@H](CO)[C@@H](O)[C@H](O)[C@]1(N)O. The molecule has 1 fully saturated rings. The van der Waals surface area contributed by atoms with Crippen molar-refractivity contribution in [2.24, 2.45) is 5.73 Å². The van der Waals surface area contributed by atoms with Crippen LogP contribution in [0.3, 0.4) is 0 Å². The highest BCUT2D eigenvalue weighted by Crippen LogP contribution is 2.24. The lowest BCUT2D eigenvalue weighted by Crippen LogP contribution is -2.70. The molecule has 1 unspecified atom stereocenters. The molecule has 0 spiro atoms. The maximum atomic E-state index is 9.28. The monoisotopic (exact) mass is 196 g/mol. The second-order valence-electron chi connectivity index (χ2n) is 2.90. The van der Waals surface area contributed by atoms with Crippen LogP contribution < -0.4 is 5.73 Å². The Morgan fingerprint density at radius 3 is 2.46 bits per heavy atom. The molecule has 0 amide bonds. The van der Waals surface area contributed by atoms with Crippen molar-refractivity contribution in [2.45, 2.75) is 30.3 Å². The predicted octanol–water partition coefficient (Wildman–Crippen LogP) is -3.94. The number of nitrogens with two attached hydrogens (primary N) is 1. The number of aliphatic hydroxyl groups is 5. The van der Waals surface area contributed by atoms with Gasteiger partial charge in [-0.3, -0.25) is 5.73 Å². The van der Waals surface area contributed by atoms with Gasteiger partial charge in [0.25, 0.3) is 0 Å². The van der Waals surface area contributed by atoms with Crippen LogP contribution in [-0.2, 0) is 4.74 Å². The van der Waals surface area contributed by atoms with Gasteiger partial charge in [-0.1, -0.05) is 0 Å². The van der Waals surface area contributed by atoms with Crippen LogP contribution in [0.2, 0.25) is 0 Å². The highest BCUT2D eigenvalue weighted by atomic mass is 16.6. The van der Waals surface area contributed by atoms with Gasteiger partial charge in [0.15, 0.2) is 5.72 Å². The number of hydrogen-bond donors (Lipinski definition) is 6. The minimum absolute atomic E-state index is 0.727. The van der Waals surface area contributed by atoms with Crippen LogP contribution in [0.1, 0.15) is 1.37 Å². The van der Waals surface area contributed by atoms with Gasteiger partial charge >= 0.3 is 0 Å². The molecule has 0 aromatic carbocycles. The van der Waals surface area contributed by atoms with Gasteiger partial charge in [-0.05, 0) is 0 Å². The molecule has 1 rings (SSSR count). The summed E-state index contributed by atoms with van der Waals surface area (Å²) in [5, 5.41) is 45.6. The standard InChI is InChI=1S/C6H13NO6/c7-6(12)4(10)3(9)2(1-8)13-5(6)11/h2-5,8-12H,1,7H2/t2-,3-,4+,5?,6+/m1/s1/i5D. The summed E-state index contributed by atoms with van der Waals surface area (Å²) in [6.07, 6.45) is -8.04. The molecular formula is C6H13NO6. The Kier molecular flexibility index (Phi) is 2.47. The minimum Gasteiger partial charge on any atom is -0.394 e. The molecule has 1 aliphatic rings. The minimum atomic E-state index is -2.99. The fourth-order valence-corrected chi connectivity index (χ4v) is 1.04. The van der Waals surface area contributed by atoms with Crippen molar-refractivity contribution in [3.63, 3.8) is 0 Å². The van der Waals surface area contributed by atoms with E-state index in [0.717, 1.165) is 0 Å². The van der Waals surface area contributed by atoms with E-state index in [4.69, 9.17) is 12.2 Å². The number of hydrogen-bond acceptors (Lipinski definition) is 7. The lowest BCUT2D eigenvalue weighted by Gasteiger charge is -2.43. The van der Waals surface area contributed by atoms with Crippen LogP contribution >= 0.6 is 0 Å². The maximum Gasteiger partial charge on any atom is 0.200 e. The molecule has 1 saturated heterocycles. The molecule has 0 saturated carbocycles. The van der Waals surface area contributed by atoms with Crippen molar-refractivity contribution >= 4 is 0 Å². The molecule has 0 radical (unpaired) electrons. The Bertz CT molecular complexity index is 222. The first-order chi connectivity index (χ1) is 6.24. The largest absolute Gasteiger partial charge is 0.394 e. The van der Waals surface area contributed by atoms with Gasteiger partial charge < -0.3 is 30.3 Å². The number of ether oxygens (including phenoxy) is 1. The summed E-state index contributed by atoms with van der Waals surface area (Å²) < 4.78 is 11.5. The molecule has 13 heavy (non-hydrogen) atoms. The van der Waals surface area contributed by atoms with Crippen molar-refractivity contribution in [3.05, 3.63) is 0 Å². The van der Waals surface area contributed by atoms with E-state index in [1.165, 1.54) is 0 Å². The first kappa shape index (κ1) is 9.28. The molecule has 0 bridgehead atoms. The Hall–Kier alpha value is -0.280. The second kappa shape index (κ2) is 3.46. The van der Waals surface area contributed by atoms with Crippen LogP contribution in [-0.4, -0.2) is 62.4 Å². The lowest BCUT2D eigenvalue weighted by molar-refractivity contribution is -0.327. The van der Waals surface area contributed by atoms with Crippen molar-refractivity contribution in [3.8, 4) is 0 Å². The molecule has 7 N–H and O–H groups in total. The molecule has 1 aliphatic heterocycles. The highest BCUT2D eigenvalue weighted by molar-refractivity contribution is 4.95. The first-order valence-electron chi connectivity index (χ1n) is 4.12. The van der Waals surface area contributed by atoms with Gasteiger partial charge in [0, 0.05) is 0 Å². The van der Waals surface area contributed by atoms with Crippen LogP contribution in [0, 0.1) is 0 Å². The molecule has 0 aromatic rings. The van der Waals surface area contributed by atoms with Crippen LogP contribution in [0.25, 0.3) is 0 Å². The third kappa shape index (κ3) is 1.67. The summed E-state index contributed by atoms with van der Waals surface area (Å²) in [5.74, 6) is 0. The van der Waals surface area contributed by atoms with Gasteiger partial charge in [-0.2, -0.15) is 0 Å². The van der Waals surface area contributed by atoms with Gasteiger partial charge in [0.1, 0.15) is 18.3 Å². The Balaban J connectivity index is 2.95. The molecule has 7 nitrogen and oxygen atoms in total. The summed E-state index contributed by atoms with van der Waals surface area (Å²) in [7, 11) is 0. The maximum absolute atomic E-state index is 9.28. The molecule has 0 aromatic heterocycles. The summed E-state index contributed by atoms with van der Waals surface area (Å²) in [5.41, 5.74) is 2.19. The van der Waals surface area contributed by atoms with E-state index in [9.17, 15) is 20.4 Å². The summed E-state index contributed by atoms with van der Waals surface area (Å²) in [6.45, 7) is -0.727. The van der Waals surface area contributed by atoms with Gasteiger partial charge in [-0.15, -0.1) is 0 Å². The topological polar surface area (TPSA) is 136 Å². The Labute approximate surface area is 75.4 Å². The fourth-order valence-electron chi connectivity index (χ4n) is 1.04. The zero-order chi connectivity index (χ0) is 11.1. The molecule has 7 heteroatoms. The van der Waals surface area contributed by atoms with Crippen molar-refractivity contribution in [1.29, 1.82) is 0 Å². The average Bonchev–Trinajstić information content (AvgIpc) is 2.09. The lowest BCUT2D eigenvalue weighted by atomic mass is 9.94. The summed E-state index contributed by atoms with van der Waals surface area (Å²) in [6, 6.07) is 0. The second-order valence-corrected chi connectivity index (χ2v) is 2.90. The molecule has 0 aliphatic carbocycles. The van der Waals surface area contributed by atoms with Crippen LogP contribution in [0.15, 0.2) is 0 Å². The van der Waals surface area contributed by atoms with E-state index < -0.39 is 36.9 Å². The summed E-state index contributed by atoms with van der Waals surface area (Å²) >= 11 is 0. The smallest absolute Gasteiger partial charge is 0.200 e. The Morgan fingerprint density at radius 2 is 2.00 bits per heavy atom. The number of aliphatic hydroxyl groups excluding tert-OH is 3. The molecular weight excluding hydrogens is 182 g/mol. The molecule has 1 heterocycles. The number of rotatable bonds is 1. The fraction of sp³-hybridized carbons (Fsp3) is 1.00. The summed E-state index contributed by atoms with van der Waals surface area (Å²) in [4.78, 5) is 0. The normalized spacial score (nSPS) is 58.9. The first-order valence-corrected chi connectivity index (χ1v) is 3.62. The average molecular weight is 196 g/mol. The van der Waals surface area contributed by atoms with Crippen LogP contribution in [0.5, 0.6) is 0 Å². The van der Waals surface area contributed by atoms with Gasteiger partial charge in [-0.25, -0.2) is 0 Å². The third-order valence-electron chi connectivity index (χ3n) is 1.94. The van der Waals surface area contributed by atoms with Crippen molar-refractivity contribution in [1.82, 2.24) is 0 Å².